The first-order chi connectivity index (χ1) is 7.72. The van der Waals surface area contributed by atoms with Crippen LogP contribution in [0.3, 0.4) is 0 Å². The van der Waals surface area contributed by atoms with Gasteiger partial charge in [-0.15, -0.1) is 0 Å². The van der Waals surface area contributed by atoms with E-state index in [0.717, 1.165) is 6.42 Å². The van der Waals surface area contributed by atoms with Crippen molar-refractivity contribution in [2.75, 3.05) is 13.1 Å². The number of aryl methyl sites for hydroxylation is 1. The van der Waals surface area contributed by atoms with Gasteiger partial charge in [-0.05, 0) is 32.4 Å². The Balaban J connectivity index is 2.19. The highest BCUT2D eigenvalue weighted by molar-refractivity contribution is 5.13. The molecule has 1 aliphatic rings. The molecule has 16 heavy (non-hydrogen) atoms. The fourth-order valence-corrected chi connectivity index (χ4v) is 2.56. The normalized spacial score (nSPS) is 21.2. The summed E-state index contributed by atoms with van der Waals surface area (Å²) in [5.74, 6) is 0. The largest absolute Gasteiger partial charge is 0.326 e. The van der Waals surface area contributed by atoms with Gasteiger partial charge in [-0.3, -0.25) is 9.58 Å². The van der Waals surface area contributed by atoms with Crippen molar-refractivity contribution in [3.63, 3.8) is 0 Å². The predicted molar refractivity (Wildman–Crippen MR) is 65.0 cm³/mol. The Morgan fingerprint density at radius 3 is 2.62 bits per heavy atom. The minimum atomic E-state index is 0.210. The van der Waals surface area contributed by atoms with Crippen molar-refractivity contribution in [2.24, 2.45) is 12.8 Å². The number of hydrogen-bond donors (Lipinski definition) is 1. The van der Waals surface area contributed by atoms with E-state index in [1.807, 2.05) is 17.9 Å². The van der Waals surface area contributed by atoms with Gasteiger partial charge in [-0.1, -0.05) is 6.92 Å². The molecule has 0 saturated carbocycles. The van der Waals surface area contributed by atoms with E-state index in [2.05, 4.69) is 23.1 Å². The van der Waals surface area contributed by atoms with Crippen LogP contribution in [0.5, 0.6) is 0 Å². The van der Waals surface area contributed by atoms with Crippen LogP contribution < -0.4 is 5.73 Å². The molecule has 0 spiro atoms. The molecule has 1 saturated heterocycles. The first-order valence-corrected chi connectivity index (χ1v) is 6.20. The number of nitrogens with two attached hydrogens (primary N) is 1. The Bertz CT molecular complexity index is 328. The van der Waals surface area contributed by atoms with Crippen LogP contribution in [0.2, 0.25) is 0 Å². The third-order valence-corrected chi connectivity index (χ3v) is 3.48. The lowest BCUT2D eigenvalue weighted by Crippen LogP contribution is -2.39. The molecule has 4 nitrogen and oxygen atoms in total. The molecular weight excluding hydrogens is 200 g/mol. The van der Waals surface area contributed by atoms with Crippen molar-refractivity contribution in [3.8, 4) is 0 Å². The molecule has 0 aliphatic carbocycles. The average molecular weight is 222 g/mol. The van der Waals surface area contributed by atoms with Crippen LogP contribution in [0.25, 0.3) is 0 Å². The van der Waals surface area contributed by atoms with Crippen molar-refractivity contribution >= 4 is 0 Å². The molecule has 1 aromatic heterocycles. The zero-order valence-corrected chi connectivity index (χ0v) is 10.3. The van der Waals surface area contributed by atoms with E-state index < -0.39 is 0 Å². The van der Waals surface area contributed by atoms with Gasteiger partial charge in [0.05, 0.1) is 12.2 Å². The lowest BCUT2D eigenvalue weighted by molar-refractivity contribution is 0.209. The first-order valence-electron chi connectivity index (χ1n) is 6.20. The Hall–Kier alpha value is -0.870. The Morgan fingerprint density at radius 2 is 2.12 bits per heavy atom. The molecule has 0 aromatic carbocycles. The molecule has 90 valence electrons. The zero-order chi connectivity index (χ0) is 11.5. The molecule has 2 rings (SSSR count). The molecule has 0 bridgehead atoms. The minimum Gasteiger partial charge on any atom is -0.326 e. The molecule has 1 aromatic rings. The van der Waals surface area contributed by atoms with Crippen molar-refractivity contribution in [1.82, 2.24) is 14.7 Å². The van der Waals surface area contributed by atoms with Crippen molar-refractivity contribution < 1.29 is 0 Å². The lowest BCUT2D eigenvalue weighted by Gasteiger charge is -2.31. The summed E-state index contributed by atoms with van der Waals surface area (Å²) in [6, 6.07) is 0.559. The van der Waals surface area contributed by atoms with E-state index in [-0.39, 0.29) is 6.04 Å². The molecule has 2 heterocycles. The number of likely N-dealkylation sites (tertiary alicyclic amines) is 1. The highest BCUT2D eigenvalue weighted by Gasteiger charge is 2.28. The second-order valence-electron chi connectivity index (χ2n) is 4.71. The Kier molecular flexibility index (Phi) is 3.61. The van der Waals surface area contributed by atoms with E-state index >= 15 is 0 Å². The van der Waals surface area contributed by atoms with E-state index in [0.29, 0.717) is 6.04 Å². The topological polar surface area (TPSA) is 47.1 Å². The summed E-state index contributed by atoms with van der Waals surface area (Å²) in [6.45, 7) is 4.50. The SMILES string of the molecule is CCC(N)C(c1cnn(C)c1)N1CCCC1. The zero-order valence-electron chi connectivity index (χ0n) is 10.3. The van der Waals surface area contributed by atoms with Crippen LogP contribution in [-0.4, -0.2) is 33.8 Å². The van der Waals surface area contributed by atoms with Gasteiger partial charge in [-0.25, -0.2) is 0 Å². The van der Waals surface area contributed by atoms with E-state index in [1.54, 1.807) is 0 Å². The van der Waals surface area contributed by atoms with Crippen molar-refractivity contribution in [2.45, 2.75) is 38.3 Å². The summed E-state index contributed by atoms with van der Waals surface area (Å²) in [5, 5.41) is 4.26. The maximum atomic E-state index is 6.26. The quantitative estimate of drug-likeness (QED) is 0.835. The number of aromatic nitrogens is 2. The van der Waals surface area contributed by atoms with Gasteiger partial charge in [0.1, 0.15) is 0 Å². The average Bonchev–Trinajstić information content (AvgIpc) is 2.91. The van der Waals surface area contributed by atoms with Crippen molar-refractivity contribution in [3.05, 3.63) is 18.0 Å². The first kappa shape index (κ1) is 11.6. The van der Waals surface area contributed by atoms with Crippen LogP contribution in [0.4, 0.5) is 0 Å². The molecular formula is C12H22N4. The summed E-state index contributed by atoms with van der Waals surface area (Å²) in [7, 11) is 1.96. The summed E-state index contributed by atoms with van der Waals surface area (Å²) in [6.07, 6.45) is 7.66. The fourth-order valence-electron chi connectivity index (χ4n) is 2.56. The minimum absolute atomic E-state index is 0.210. The molecule has 2 unspecified atom stereocenters. The molecule has 1 fully saturated rings. The summed E-state index contributed by atoms with van der Waals surface area (Å²) < 4.78 is 1.86. The number of nitrogens with zero attached hydrogens (tertiary/aromatic N) is 3. The lowest BCUT2D eigenvalue weighted by atomic mass is 9.99. The van der Waals surface area contributed by atoms with E-state index in [1.165, 1.54) is 31.5 Å². The second-order valence-corrected chi connectivity index (χ2v) is 4.71. The number of hydrogen-bond acceptors (Lipinski definition) is 3. The van der Waals surface area contributed by atoms with Crippen molar-refractivity contribution in [1.29, 1.82) is 0 Å². The maximum absolute atomic E-state index is 6.26. The second kappa shape index (κ2) is 4.97. The van der Waals surface area contributed by atoms with Crippen LogP contribution in [0.1, 0.15) is 37.8 Å². The van der Waals surface area contributed by atoms with Crippen LogP contribution in [0, 0.1) is 0 Å². The maximum Gasteiger partial charge on any atom is 0.0538 e. The monoisotopic (exact) mass is 222 g/mol. The van der Waals surface area contributed by atoms with Gasteiger partial charge in [0, 0.05) is 24.8 Å². The molecule has 2 atom stereocenters. The smallest absolute Gasteiger partial charge is 0.0538 e. The molecule has 0 radical (unpaired) electrons. The van der Waals surface area contributed by atoms with Gasteiger partial charge >= 0.3 is 0 Å². The van der Waals surface area contributed by atoms with Gasteiger partial charge in [0.15, 0.2) is 0 Å². The van der Waals surface area contributed by atoms with Crippen LogP contribution in [-0.2, 0) is 7.05 Å². The van der Waals surface area contributed by atoms with Crippen LogP contribution in [0.15, 0.2) is 12.4 Å². The highest BCUT2D eigenvalue weighted by Crippen LogP contribution is 2.28. The molecule has 1 aliphatic heterocycles. The standard InChI is InChI=1S/C12H22N4/c1-3-11(13)12(16-6-4-5-7-16)10-8-14-15(2)9-10/h8-9,11-12H,3-7,13H2,1-2H3. The van der Waals surface area contributed by atoms with Gasteiger partial charge in [0.25, 0.3) is 0 Å². The van der Waals surface area contributed by atoms with Gasteiger partial charge < -0.3 is 5.73 Å². The highest BCUT2D eigenvalue weighted by atomic mass is 15.3. The molecule has 2 N–H and O–H groups in total. The van der Waals surface area contributed by atoms with E-state index in [4.69, 9.17) is 5.73 Å². The van der Waals surface area contributed by atoms with Gasteiger partial charge in [0.2, 0.25) is 0 Å². The molecule has 4 heteroatoms. The van der Waals surface area contributed by atoms with E-state index in [9.17, 15) is 0 Å². The molecule has 0 amide bonds. The van der Waals surface area contributed by atoms with Gasteiger partial charge in [-0.2, -0.15) is 5.10 Å². The third kappa shape index (κ3) is 2.28. The third-order valence-electron chi connectivity index (χ3n) is 3.48. The summed E-state index contributed by atoms with van der Waals surface area (Å²) >= 11 is 0. The summed E-state index contributed by atoms with van der Waals surface area (Å²) in [4.78, 5) is 2.51. The van der Waals surface area contributed by atoms with Crippen LogP contribution >= 0.6 is 0 Å². The Morgan fingerprint density at radius 1 is 1.44 bits per heavy atom. The summed E-state index contributed by atoms with van der Waals surface area (Å²) in [5.41, 5.74) is 7.52. The fraction of sp³-hybridized carbons (Fsp3) is 0.750. The predicted octanol–water partition coefficient (Wildman–Crippen LogP) is 1.29. The Labute approximate surface area is 97.4 Å². The number of rotatable bonds is 4.